The zero-order chi connectivity index (χ0) is 15.3. The molecule has 0 aromatic heterocycles. The van der Waals surface area contributed by atoms with Crippen molar-refractivity contribution >= 4 is 11.9 Å². The van der Waals surface area contributed by atoms with Crippen LogP contribution in [-0.4, -0.2) is 62.7 Å². The molecule has 1 aliphatic heterocycles. The number of carbonyl (C=O) groups is 1. The molecule has 0 aromatic rings. The van der Waals surface area contributed by atoms with Crippen LogP contribution < -0.4 is 10.6 Å². The molecule has 6 nitrogen and oxygen atoms in total. The van der Waals surface area contributed by atoms with Gasteiger partial charge in [0.1, 0.15) is 6.54 Å². The molecule has 122 valence electrons. The lowest BCUT2D eigenvalue weighted by Crippen LogP contribution is -2.39. The number of likely N-dealkylation sites (tertiary alicyclic amines) is 1. The fourth-order valence-corrected chi connectivity index (χ4v) is 2.24. The van der Waals surface area contributed by atoms with Crippen molar-refractivity contribution in [1.82, 2.24) is 15.5 Å². The van der Waals surface area contributed by atoms with Gasteiger partial charge in [-0.15, -0.1) is 0 Å². The van der Waals surface area contributed by atoms with Gasteiger partial charge in [0, 0.05) is 39.4 Å². The van der Waals surface area contributed by atoms with E-state index in [2.05, 4.69) is 15.6 Å². The molecular formula is C15H30N4O2. The van der Waals surface area contributed by atoms with Gasteiger partial charge in [0.15, 0.2) is 5.96 Å². The van der Waals surface area contributed by atoms with Crippen LogP contribution in [0.15, 0.2) is 4.99 Å². The lowest BCUT2D eigenvalue weighted by atomic mass is 10.3. The van der Waals surface area contributed by atoms with Crippen molar-refractivity contribution in [2.24, 2.45) is 4.99 Å². The molecule has 1 heterocycles. The Morgan fingerprint density at radius 3 is 2.62 bits per heavy atom. The summed E-state index contributed by atoms with van der Waals surface area (Å²) in [6.07, 6.45) is 4.30. The van der Waals surface area contributed by atoms with E-state index >= 15 is 0 Å². The summed E-state index contributed by atoms with van der Waals surface area (Å²) in [5, 5.41) is 6.42. The van der Waals surface area contributed by atoms with Crippen LogP contribution >= 0.6 is 0 Å². The second-order valence-corrected chi connectivity index (χ2v) is 5.11. The molecule has 6 heteroatoms. The van der Waals surface area contributed by atoms with E-state index in [1.54, 1.807) is 0 Å². The normalized spacial score (nSPS) is 15.3. The zero-order valence-corrected chi connectivity index (χ0v) is 13.5. The summed E-state index contributed by atoms with van der Waals surface area (Å²) < 4.78 is 5.30. The highest BCUT2D eigenvalue weighted by Gasteiger charge is 2.17. The van der Waals surface area contributed by atoms with Crippen LogP contribution in [0.1, 0.15) is 39.5 Å². The Hall–Kier alpha value is -1.30. The van der Waals surface area contributed by atoms with Gasteiger partial charge in [-0.2, -0.15) is 0 Å². The van der Waals surface area contributed by atoms with Gasteiger partial charge in [-0.3, -0.25) is 4.79 Å². The molecule has 1 fully saturated rings. The van der Waals surface area contributed by atoms with E-state index < -0.39 is 0 Å². The van der Waals surface area contributed by atoms with Gasteiger partial charge in [-0.25, -0.2) is 4.99 Å². The number of amides is 1. The third kappa shape index (κ3) is 7.90. The average molecular weight is 298 g/mol. The topological polar surface area (TPSA) is 66.0 Å². The number of nitrogens with zero attached hydrogens (tertiary/aromatic N) is 2. The van der Waals surface area contributed by atoms with Gasteiger partial charge in [0.25, 0.3) is 0 Å². The van der Waals surface area contributed by atoms with E-state index in [9.17, 15) is 4.79 Å². The summed E-state index contributed by atoms with van der Waals surface area (Å²) in [6.45, 7) is 9.24. The largest absolute Gasteiger partial charge is 0.382 e. The number of ether oxygens (including phenoxy) is 1. The van der Waals surface area contributed by atoms with Crippen LogP contribution in [-0.2, 0) is 9.53 Å². The number of nitrogens with one attached hydrogen (secondary N) is 2. The van der Waals surface area contributed by atoms with Crippen LogP contribution in [0.5, 0.6) is 0 Å². The Morgan fingerprint density at radius 2 is 1.95 bits per heavy atom. The Bertz CT molecular complexity index is 315. The summed E-state index contributed by atoms with van der Waals surface area (Å²) in [6, 6.07) is 0. The Labute approximate surface area is 128 Å². The first-order valence-corrected chi connectivity index (χ1v) is 8.15. The van der Waals surface area contributed by atoms with Gasteiger partial charge in [0.05, 0.1) is 0 Å². The Morgan fingerprint density at radius 1 is 1.19 bits per heavy atom. The summed E-state index contributed by atoms with van der Waals surface area (Å²) in [4.78, 5) is 18.2. The maximum atomic E-state index is 11.9. The highest BCUT2D eigenvalue weighted by Crippen LogP contribution is 2.07. The van der Waals surface area contributed by atoms with Crippen LogP contribution in [0, 0.1) is 0 Å². The predicted molar refractivity (Wildman–Crippen MR) is 85.5 cm³/mol. The Balaban J connectivity index is 2.23. The summed E-state index contributed by atoms with van der Waals surface area (Å²) in [5.74, 6) is 0.850. The molecule has 1 rings (SSSR count). The van der Waals surface area contributed by atoms with Gasteiger partial charge in [-0.05, 0) is 39.5 Å². The maximum Gasteiger partial charge on any atom is 0.244 e. The van der Waals surface area contributed by atoms with Crippen molar-refractivity contribution in [2.75, 3.05) is 45.9 Å². The first kappa shape index (κ1) is 17.8. The molecule has 1 amide bonds. The lowest BCUT2D eigenvalue weighted by Gasteiger charge is -2.15. The third-order valence-corrected chi connectivity index (χ3v) is 3.39. The molecule has 0 aliphatic carbocycles. The molecule has 0 spiro atoms. The number of aliphatic imine (C=N–C) groups is 1. The van der Waals surface area contributed by atoms with E-state index in [1.807, 2.05) is 18.7 Å². The molecule has 1 aliphatic rings. The quantitative estimate of drug-likeness (QED) is 0.378. The molecule has 2 N–H and O–H groups in total. The first-order chi connectivity index (χ1) is 10.3. The van der Waals surface area contributed by atoms with Crippen molar-refractivity contribution in [3.63, 3.8) is 0 Å². The fourth-order valence-electron chi connectivity index (χ4n) is 2.24. The number of guanidine groups is 1. The second kappa shape index (κ2) is 11.4. The number of hydrogen-bond donors (Lipinski definition) is 2. The van der Waals surface area contributed by atoms with E-state index in [-0.39, 0.29) is 12.5 Å². The van der Waals surface area contributed by atoms with Crippen LogP contribution in [0.2, 0.25) is 0 Å². The highest BCUT2D eigenvalue weighted by molar-refractivity contribution is 5.85. The number of rotatable bonds is 9. The lowest BCUT2D eigenvalue weighted by molar-refractivity contribution is -0.128. The highest BCUT2D eigenvalue weighted by atomic mass is 16.5. The van der Waals surface area contributed by atoms with Crippen molar-refractivity contribution in [2.45, 2.75) is 39.5 Å². The molecule has 0 atom stereocenters. The van der Waals surface area contributed by atoms with Gasteiger partial charge in [0.2, 0.25) is 5.91 Å². The molecule has 21 heavy (non-hydrogen) atoms. The minimum absolute atomic E-state index is 0.126. The third-order valence-electron chi connectivity index (χ3n) is 3.39. The van der Waals surface area contributed by atoms with Crippen molar-refractivity contribution in [1.29, 1.82) is 0 Å². The van der Waals surface area contributed by atoms with Crippen molar-refractivity contribution in [3.8, 4) is 0 Å². The van der Waals surface area contributed by atoms with Crippen LogP contribution in [0.25, 0.3) is 0 Å². The van der Waals surface area contributed by atoms with Gasteiger partial charge < -0.3 is 20.3 Å². The number of unbranched alkanes of at least 4 members (excludes halogenated alkanes) is 1. The van der Waals surface area contributed by atoms with E-state index in [1.165, 1.54) is 0 Å². The smallest absolute Gasteiger partial charge is 0.244 e. The standard InChI is InChI=1S/C15H30N4O2/c1-3-16-15(17-9-5-8-12-21-4-2)18-13-14(20)19-10-6-7-11-19/h3-13H2,1-2H3,(H2,16,17,18). The molecule has 0 aromatic carbocycles. The number of hydrogen-bond acceptors (Lipinski definition) is 3. The van der Waals surface area contributed by atoms with Crippen LogP contribution in [0.3, 0.4) is 0 Å². The maximum absolute atomic E-state index is 11.9. The summed E-state index contributed by atoms with van der Waals surface area (Å²) >= 11 is 0. The molecular weight excluding hydrogens is 268 g/mol. The van der Waals surface area contributed by atoms with Crippen molar-refractivity contribution < 1.29 is 9.53 Å². The summed E-state index contributed by atoms with van der Waals surface area (Å²) in [5.41, 5.74) is 0. The monoisotopic (exact) mass is 298 g/mol. The molecule has 0 unspecified atom stereocenters. The molecule has 0 saturated carbocycles. The molecule has 0 radical (unpaired) electrons. The average Bonchev–Trinajstić information content (AvgIpc) is 3.02. The van der Waals surface area contributed by atoms with E-state index in [4.69, 9.17) is 4.74 Å². The molecule has 1 saturated heterocycles. The second-order valence-electron chi connectivity index (χ2n) is 5.11. The van der Waals surface area contributed by atoms with Gasteiger partial charge >= 0.3 is 0 Å². The van der Waals surface area contributed by atoms with E-state index in [0.717, 1.165) is 71.0 Å². The predicted octanol–water partition coefficient (Wildman–Crippen LogP) is 0.981. The van der Waals surface area contributed by atoms with Crippen molar-refractivity contribution in [3.05, 3.63) is 0 Å². The zero-order valence-electron chi connectivity index (χ0n) is 13.5. The minimum Gasteiger partial charge on any atom is -0.382 e. The summed E-state index contributed by atoms with van der Waals surface area (Å²) in [7, 11) is 0. The van der Waals surface area contributed by atoms with Gasteiger partial charge in [-0.1, -0.05) is 0 Å². The SMILES string of the molecule is CCNC(=NCC(=O)N1CCCC1)NCCCCOCC. The first-order valence-electron chi connectivity index (χ1n) is 8.15. The molecule has 0 bridgehead atoms. The van der Waals surface area contributed by atoms with E-state index in [0.29, 0.717) is 0 Å². The number of carbonyl (C=O) groups excluding carboxylic acids is 1. The fraction of sp³-hybridized carbons (Fsp3) is 0.867. The Kier molecular flexibility index (Phi) is 9.61. The minimum atomic E-state index is 0.126. The van der Waals surface area contributed by atoms with Crippen LogP contribution in [0.4, 0.5) is 0 Å².